The number of ether oxygens (including phenoxy) is 2. The van der Waals surface area contributed by atoms with Crippen molar-refractivity contribution < 1.29 is 9.47 Å². The summed E-state index contributed by atoms with van der Waals surface area (Å²) in [5.41, 5.74) is 10.4. The van der Waals surface area contributed by atoms with Crippen LogP contribution < -0.4 is 15.8 Å². The zero-order valence-corrected chi connectivity index (χ0v) is 14.8. The molecule has 4 heteroatoms. The molecule has 0 aliphatic carbocycles. The average molecular weight is 328 g/mol. The Morgan fingerprint density at radius 2 is 1.75 bits per heavy atom. The van der Waals surface area contributed by atoms with Crippen LogP contribution in [0.4, 0.5) is 0 Å². The third kappa shape index (κ3) is 5.06. The lowest BCUT2D eigenvalue weighted by Gasteiger charge is -2.15. The number of nitrogens with one attached hydrogen (secondary N) is 1. The second-order valence-corrected chi connectivity index (χ2v) is 6.01. The van der Waals surface area contributed by atoms with Crippen molar-refractivity contribution in [2.45, 2.75) is 25.9 Å². The van der Waals surface area contributed by atoms with Gasteiger partial charge in [0.2, 0.25) is 0 Å². The summed E-state index contributed by atoms with van der Waals surface area (Å²) in [6, 6.07) is 15.2. The second kappa shape index (κ2) is 9.42. The van der Waals surface area contributed by atoms with E-state index < -0.39 is 0 Å². The number of methoxy groups -OCH3 is 2. The number of hydrogen-bond acceptors (Lipinski definition) is 4. The van der Waals surface area contributed by atoms with E-state index >= 15 is 0 Å². The Kier molecular flexibility index (Phi) is 7.25. The molecule has 0 saturated heterocycles. The monoisotopic (exact) mass is 328 g/mol. The molecule has 0 bridgehead atoms. The molecule has 2 aromatic carbocycles. The summed E-state index contributed by atoms with van der Waals surface area (Å²) in [7, 11) is 3.43. The molecule has 1 atom stereocenters. The summed E-state index contributed by atoms with van der Waals surface area (Å²) in [6.07, 6.45) is 0.902. The van der Waals surface area contributed by atoms with Crippen molar-refractivity contribution in [2.24, 2.45) is 5.73 Å². The van der Waals surface area contributed by atoms with Gasteiger partial charge in [0, 0.05) is 25.3 Å². The van der Waals surface area contributed by atoms with Gasteiger partial charge in [0.15, 0.2) is 0 Å². The van der Waals surface area contributed by atoms with Gasteiger partial charge in [-0.1, -0.05) is 30.3 Å². The molecule has 0 saturated carbocycles. The van der Waals surface area contributed by atoms with Crippen LogP contribution in [0.15, 0.2) is 42.5 Å². The summed E-state index contributed by atoms with van der Waals surface area (Å²) in [5.74, 6) is 0.885. The van der Waals surface area contributed by atoms with Crippen LogP contribution in [0.2, 0.25) is 0 Å². The highest BCUT2D eigenvalue weighted by molar-refractivity contribution is 5.71. The number of benzene rings is 2. The van der Waals surface area contributed by atoms with E-state index in [1.807, 2.05) is 6.07 Å². The van der Waals surface area contributed by atoms with Crippen LogP contribution >= 0.6 is 0 Å². The Morgan fingerprint density at radius 3 is 2.38 bits per heavy atom. The Hall–Kier alpha value is -1.88. The fraction of sp³-hybridized carbons (Fsp3) is 0.400. The molecule has 2 aromatic rings. The molecule has 0 amide bonds. The molecule has 0 radical (unpaired) electrons. The highest BCUT2D eigenvalue weighted by Crippen LogP contribution is 2.31. The van der Waals surface area contributed by atoms with Crippen molar-refractivity contribution in [3.8, 4) is 16.9 Å². The highest BCUT2D eigenvalue weighted by atomic mass is 16.5. The lowest BCUT2D eigenvalue weighted by Crippen LogP contribution is -2.29. The molecule has 0 fully saturated rings. The van der Waals surface area contributed by atoms with Gasteiger partial charge in [0.05, 0.1) is 13.7 Å². The maximum Gasteiger partial charge on any atom is 0.126 e. The quantitative estimate of drug-likeness (QED) is 0.743. The molecule has 24 heavy (non-hydrogen) atoms. The van der Waals surface area contributed by atoms with E-state index in [0.29, 0.717) is 19.2 Å². The first-order valence-electron chi connectivity index (χ1n) is 8.36. The predicted molar refractivity (Wildman–Crippen MR) is 99.4 cm³/mol. The zero-order valence-electron chi connectivity index (χ0n) is 14.8. The van der Waals surface area contributed by atoms with E-state index in [2.05, 4.69) is 48.6 Å². The maximum absolute atomic E-state index is 5.62. The Balaban J connectivity index is 2.19. The van der Waals surface area contributed by atoms with Gasteiger partial charge in [0.1, 0.15) is 5.75 Å². The predicted octanol–water partition coefficient (Wildman–Crippen LogP) is 2.99. The third-order valence-electron chi connectivity index (χ3n) is 4.03. The SMILES string of the molecule is COCC(C)NCc1ccc(OC)c(-c2ccc(CCN)cc2)c1. The van der Waals surface area contributed by atoms with Gasteiger partial charge in [-0.2, -0.15) is 0 Å². The van der Waals surface area contributed by atoms with Crippen LogP contribution in [-0.4, -0.2) is 33.4 Å². The molecule has 0 aliphatic heterocycles. The lowest BCUT2D eigenvalue weighted by molar-refractivity contribution is 0.171. The lowest BCUT2D eigenvalue weighted by atomic mass is 9.99. The minimum Gasteiger partial charge on any atom is -0.496 e. The van der Waals surface area contributed by atoms with Crippen molar-refractivity contribution in [3.63, 3.8) is 0 Å². The van der Waals surface area contributed by atoms with Crippen molar-refractivity contribution in [1.29, 1.82) is 0 Å². The van der Waals surface area contributed by atoms with E-state index in [4.69, 9.17) is 15.2 Å². The maximum atomic E-state index is 5.62. The van der Waals surface area contributed by atoms with Crippen molar-refractivity contribution >= 4 is 0 Å². The van der Waals surface area contributed by atoms with Crippen LogP contribution in [0.1, 0.15) is 18.1 Å². The molecule has 3 N–H and O–H groups in total. The minimum atomic E-state index is 0.316. The summed E-state index contributed by atoms with van der Waals surface area (Å²) in [5, 5.41) is 3.46. The van der Waals surface area contributed by atoms with Gasteiger partial charge in [-0.05, 0) is 48.7 Å². The fourth-order valence-electron chi connectivity index (χ4n) is 2.71. The molecule has 0 spiro atoms. The van der Waals surface area contributed by atoms with Crippen molar-refractivity contribution in [1.82, 2.24) is 5.32 Å². The smallest absolute Gasteiger partial charge is 0.126 e. The normalized spacial score (nSPS) is 12.2. The third-order valence-corrected chi connectivity index (χ3v) is 4.03. The van der Waals surface area contributed by atoms with E-state index in [1.54, 1.807) is 14.2 Å². The molecule has 0 heterocycles. The molecule has 2 rings (SSSR count). The molecule has 4 nitrogen and oxygen atoms in total. The molecule has 1 unspecified atom stereocenters. The number of nitrogens with two attached hydrogens (primary N) is 1. The summed E-state index contributed by atoms with van der Waals surface area (Å²) < 4.78 is 10.7. The van der Waals surface area contributed by atoms with Gasteiger partial charge in [0.25, 0.3) is 0 Å². The standard InChI is InChI=1S/C20H28N2O2/c1-15(14-23-2)22-13-17-6-9-20(24-3)19(12-17)18-7-4-16(5-8-18)10-11-21/h4-9,12,15,22H,10-11,13-14,21H2,1-3H3. The van der Waals surface area contributed by atoms with Crippen molar-refractivity contribution in [3.05, 3.63) is 53.6 Å². The first-order valence-corrected chi connectivity index (χ1v) is 8.36. The summed E-state index contributed by atoms with van der Waals surface area (Å²) in [6.45, 7) is 4.28. The van der Waals surface area contributed by atoms with Crippen molar-refractivity contribution in [2.75, 3.05) is 27.4 Å². The molecular weight excluding hydrogens is 300 g/mol. The zero-order chi connectivity index (χ0) is 17.4. The summed E-state index contributed by atoms with van der Waals surface area (Å²) >= 11 is 0. The van der Waals surface area contributed by atoms with E-state index in [1.165, 1.54) is 11.1 Å². The van der Waals surface area contributed by atoms with Gasteiger partial charge in [-0.25, -0.2) is 0 Å². The van der Waals surface area contributed by atoms with Crippen LogP contribution in [0.3, 0.4) is 0 Å². The minimum absolute atomic E-state index is 0.316. The van der Waals surface area contributed by atoms with Gasteiger partial charge in [-0.3, -0.25) is 0 Å². The topological polar surface area (TPSA) is 56.5 Å². The van der Waals surface area contributed by atoms with Crippen LogP contribution in [0, 0.1) is 0 Å². The van der Waals surface area contributed by atoms with E-state index in [9.17, 15) is 0 Å². The van der Waals surface area contributed by atoms with Crippen LogP contribution in [0.25, 0.3) is 11.1 Å². The number of hydrogen-bond donors (Lipinski definition) is 2. The van der Waals surface area contributed by atoms with Crippen LogP contribution in [-0.2, 0) is 17.7 Å². The van der Waals surface area contributed by atoms with E-state index in [0.717, 1.165) is 29.8 Å². The average Bonchev–Trinajstić information content (AvgIpc) is 2.61. The van der Waals surface area contributed by atoms with Gasteiger partial charge < -0.3 is 20.5 Å². The molecule has 0 aromatic heterocycles. The largest absolute Gasteiger partial charge is 0.496 e. The Labute approximate surface area is 145 Å². The van der Waals surface area contributed by atoms with E-state index in [-0.39, 0.29) is 0 Å². The second-order valence-electron chi connectivity index (χ2n) is 6.01. The fourth-order valence-corrected chi connectivity index (χ4v) is 2.71. The Bertz CT molecular complexity index is 626. The number of rotatable bonds is 9. The first-order chi connectivity index (χ1) is 11.7. The molecular formula is C20H28N2O2. The summed E-state index contributed by atoms with van der Waals surface area (Å²) in [4.78, 5) is 0. The Morgan fingerprint density at radius 1 is 1.04 bits per heavy atom. The van der Waals surface area contributed by atoms with Crippen LogP contribution in [0.5, 0.6) is 5.75 Å². The first kappa shape index (κ1) is 18.5. The molecule has 0 aliphatic rings. The molecule has 130 valence electrons. The van der Waals surface area contributed by atoms with Gasteiger partial charge >= 0.3 is 0 Å². The highest BCUT2D eigenvalue weighted by Gasteiger charge is 2.08. The van der Waals surface area contributed by atoms with Gasteiger partial charge in [-0.15, -0.1) is 0 Å².